The van der Waals surface area contributed by atoms with Crippen LogP contribution in [0.3, 0.4) is 0 Å². The second-order valence-corrected chi connectivity index (χ2v) is 8.40. The zero-order chi connectivity index (χ0) is 20.5. The fraction of sp³-hybridized carbons (Fsp3) is 0.429. The lowest BCUT2D eigenvalue weighted by Gasteiger charge is -2.17. The smallest absolute Gasteiger partial charge is 0.260 e. The maximum absolute atomic E-state index is 13.3. The number of imidazole rings is 1. The maximum Gasteiger partial charge on any atom is 0.260 e. The lowest BCUT2D eigenvalue weighted by atomic mass is 9.98. The van der Waals surface area contributed by atoms with Gasteiger partial charge in [0.1, 0.15) is 5.82 Å². The highest BCUT2D eigenvalue weighted by Gasteiger charge is 2.27. The van der Waals surface area contributed by atoms with E-state index in [2.05, 4.69) is 21.1 Å². The normalized spacial score (nSPS) is 15.5. The molecule has 1 heterocycles. The van der Waals surface area contributed by atoms with Crippen LogP contribution in [0.2, 0.25) is 0 Å². The number of aromatic nitrogens is 2. The Morgan fingerprint density at radius 1 is 1.17 bits per heavy atom. The molecule has 0 fully saturated rings. The van der Waals surface area contributed by atoms with Crippen LogP contribution < -0.4 is 10.0 Å². The Hall–Kier alpha value is -2.61. The minimum absolute atomic E-state index is 0.210. The highest BCUT2D eigenvalue weighted by molar-refractivity contribution is 7.70. The van der Waals surface area contributed by atoms with Crippen LogP contribution in [0.5, 0.6) is 0 Å². The van der Waals surface area contributed by atoms with Crippen molar-refractivity contribution < 1.29 is 13.2 Å². The van der Waals surface area contributed by atoms with Gasteiger partial charge in [-0.15, -0.1) is 0 Å². The van der Waals surface area contributed by atoms with E-state index in [9.17, 15) is 13.2 Å². The first kappa shape index (κ1) is 19.7. The molecule has 1 amide bonds. The fourth-order valence-electron chi connectivity index (χ4n) is 4.50. The van der Waals surface area contributed by atoms with E-state index in [0.717, 1.165) is 49.9 Å². The van der Waals surface area contributed by atoms with E-state index in [1.807, 2.05) is 24.6 Å². The van der Waals surface area contributed by atoms with Gasteiger partial charge in [-0.2, -0.15) is 0 Å². The number of thiol groups is 1. The standard InChI is InChI=1S/C21H26N4O3S/c1-3-25-12-13(2)23-20(25)18(11-22-29(27)28)21(26)24-19-16-8-4-6-14(16)10-15-7-5-9-17(15)19/h10-12,29H,3-9H2,1-2H3,(H,24,26)(H,22,27,28)/b18-11+. The number of amides is 1. The molecule has 29 heavy (non-hydrogen) atoms. The molecule has 8 heteroatoms. The number of nitrogens with one attached hydrogen (secondary N) is 2. The van der Waals surface area contributed by atoms with Crippen LogP contribution >= 0.6 is 0 Å². The van der Waals surface area contributed by atoms with Gasteiger partial charge in [0.05, 0.1) is 11.3 Å². The van der Waals surface area contributed by atoms with E-state index < -0.39 is 10.9 Å². The molecular formula is C21H26N4O3S. The maximum atomic E-state index is 13.3. The van der Waals surface area contributed by atoms with Crippen molar-refractivity contribution in [3.05, 3.63) is 52.2 Å². The molecule has 154 valence electrons. The van der Waals surface area contributed by atoms with Crippen molar-refractivity contribution >= 4 is 28.1 Å². The van der Waals surface area contributed by atoms with E-state index in [4.69, 9.17) is 0 Å². The summed E-state index contributed by atoms with van der Waals surface area (Å²) in [5.41, 5.74) is 7.04. The molecule has 2 aromatic rings. The summed E-state index contributed by atoms with van der Waals surface area (Å²) in [6.45, 7) is 4.43. The first-order valence-corrected chi connectivity index (χ1v) is 11.3. The van der Waals surface area contributed by atoms with Gasteiger partial charge in [0.15, 0.2) is 0 Å². The molecule has 0 bridgehead atoms. The van der Waals surface area contributed by atoms with Crippen LogP contribution in [0, 0.1) is 6.92 Å². The molecule has 0 atom stereocenters. The van der Waals surface area contributed by atoms with Crippen LogP contribution in [0.25, 0.3) is 5.57 Å². The number of nitrogens with zero attached hydrogens (tertiary/aromatic N) is 2. The first-order valence-electron chi connectivity index (χ1n) is 10.1. The van der Waals surface area contributed by atoms with Crippen LogP contribution in [0.15, 0.2) is 18.5 Å². The quantitative estimate of drug-likeness (QED) is 0.499. The van der Waals surface area contributed by atoms with Crippen molar-refractivity contribution in [3.8, 4) is 0 Å². The summed E-state index contributed by atoms with van der Waals surface area (Å²) in [4.78, 5) is 17.8. The van der Waals surface area contributed by atoms with Crippen molar-refractivity contribution in [1.29, 1.82) is 0 Å². The van der Waals surface area contributed by atoms with Crippen molar-refractivity contribution in [3.63, 3.8) is 0 Å². The first-order chi connectivity index (χ1) is 14.0. The topological polar surface area (TPSA) is 93.1 Å². The summed E-state index contributed by atoms with van der Waals surface area (Å²) in [6.07, 6.45) is 9.31. The summed E-state index contributed by atoms with van der Waals surface area (Å²) < 4.78 is 26.3. The average molecular weight is 415 g/mol. The number of carbonyl (C=O) groups excluding carboxylic acids is 1. The minimum atomic E-state index is -2.87. The molecule has 2 aliphatic rings. The zero-order valence-electron chi connectivity index (χ0n) is 16.7. The molecule has 0 saturated carbocycles. The van der Waals surface area contributed by atoms with E-state index in [1.54, 1.807) is 0 Å². The Bertz CT molecular complexity index is 1040. The van der Waals surface area contributed by atoms with Crippen LogP contribution in [-0.4, -0.2) is 23.9 Å². The van der Waals surface area contributed by atoms with Gasteiger partial charge in [0, 0.05) is 24.6 Å². The summed E-state index contributed by atoms with van der Waals surface area (Å²) in [6, 6.07) is 2.31. The second-order valence-electron chi connectivity index (χ2n) is 7.62. The number of hydrogen-bond acceptors (Lipinski definition) is 4. The third-order valence-electron chi connectivity index (χ3n) is 5.75. The van der Waals surface area contributed by atoms with Gasteiger partial charge in [0.2, 0.25) is 10.9 Å². The van der Waals surface area contributed by atoms with Gasteiger partial charge in [-0.1, -0.05) is 6.07 Å². The van der Waals surface area contributed by atoms with Gasteiger partial charge in [-0.3, -0.25) is 9.52 Å². The number of carbonyl (C=O) groups is 1. The molecule has 7 nitrogen and oxygen atoms in total. The molecule has 2 aliphatic carbocycles. The highest BCUT2D eigenvalue weighted by atomic mass is 32.2. The molecule has 0 radical (unpaired) electrons. The van der Waals surface area contributed by atoms with E-state index >= 15 is 0 Å². The minimum Gasteiger partial charge on any atom is -0.331 e. The molecule has 2 N–H and O–H groups in total. The number of benzene rings is 1. The van der Waals surface area contributed by atoms with E-state index in [0.29, 0.717) is 12.4 Å². The fourth-order valence-corrected chi connectivity index (χ4v) is 4.73. The average Bonchev–Trinajstić information content (AvgIpc) is 3.40. The van der Waals surface area contributed by atoms with Gasteiger partial charge in [0.25, 0.3) is 5.91 Å². The number of anilines is 1. The summed E-state index contributed by atoms with van der Waals surface area (Å²) in [5, 5.41) is 3.13. The lowest BCUT2D eigenvalue weighted by molar-refractivity contribution is -0.111. The van der Waals surface area contributed by atoms with Crippen molar-refractivity contribution in [2.75, 3.05) is 5.32 Å². The van der Waals surface area contributed by atoms with Crippen molar-refractivity contribution in [2.45, 2.75) is 58.9 Å². The third-order valence-corrected chi connectivity index (χ3v) is 6.09. The number of rotatable bonds is 6. The summed E-state index contributed by atoms with van der Waals surface area (Å²) in [5.74, 6) is 0.111. The highest BCUT2D eigenvalue weighted by Crippen LogP contribution is 2.39. The zero-order valence-corrected chi connectivity index (χ0v) is 17.6. The Morgan fingerprint density at radius 2 is 1.83 bits per heavy atom. The van der Waals surface area contributed by atoms with Crippen LogP contribution in [-0.2, 0) is 47.9 Å². The summed E-state index contributed by atoms with van der Waals surface area (Å²) >= 11 is 0. The number of hydrogen-bond donors (Lipinski definition) is 3. The van der Waals surface area contributed by atoms with Gasteiger partial charge >= 0.3 is 0 Å². The lowest BCUT2D eigenvalue weighted by Crippen LogP contribution is -2.20. The number of aryl methyl sites for hydroxylation is 4. The van der Waals surface area contributed by atoms with Crippen LogP contribution in [0.4, 0.5) is 5.69 Å². The Morgan fingerprint density at radius 3 is 2.41 bits per heavy atom. The monoisotopic (exact) mass is 414 g/mol. The summed E-state index contributed by atoms with van der Waals surface area (Å²) in [7, 11) is -2.87. The molecule has 1 aromatic carbocycles. The molecule has 0 spiro atoms. The van der Waals surface area contributed by atoms with E-state index in [1.165, 1.54) is 28.5 Å². The van der Waals surface area contributed by atoms with Gasteiger partial charge in [-0.05, 0) is 74.6 Å². The Balaban J connectivity index is 1.74. The Labute approximate surface area is 172 Å². The molecular weight excluding hydrogens is 388 g/mol. The molecule has 4 rings (SSSR count). The van der Waals surface area contributed by atoms with Gasteiger partial charge < -0.3 is 9.88 Å². The molecule has 1 aromatic heterocycles. The third kappa shape index (κ3) is 3.81. The molecule has 0 saturated heterocycles. The number of fused-ring (bicyclic) bond motifs is 2. The van der Waals surface area contributed by atoms with Crippen LogP contribution in [0.1, 0.15) is 53.5 Å². The molecule has 0 unspecified atom stereocenters. The SMILES string of the molecule is CCn1cc(C)nc1/C(=C\N[SH](=O)=O)C(=O)Nc1c2c(cc3c1CCC3)CCC2. The van der Waals surface area contributed by atoms with Gasteiger partial charge in [-0.25, -0.2) is 13.4 Å². The van der Waals surface area contributed by atoms with E-state index in [-0.39, 0.29) is 11.5 Å². The van der Waals surface area contributed by atoms with Crippen molar-refractivity contribution in [1.82, 2.24) is 14.3 Å². The predicted molar refractivity (Wildman–Crippen MR) is 113 cm³/mol. The van der Waals surface area contributed by atoms with Crippen molar-refractivity contribution in [2.24, 2.45) is 0 Å². The predicted octanol–water partition coefficient (Wildman–Crippen LogP) is 2.28. The Kier molecular flexibility index (Phi) is 5.45. The second kappa shape index (κ2) is 8.02. The largest absolute Gasteiger partial charge is 0.331 e. The molecule has 0 aliphatic heterocycles.